The number of nitrogens with zero attached hydrogens (tertiary/aromatic N) is 2. The average molecular weight is 291 g/mol. The van der Waals surface area contributed by atoms with E-state index in [4.69, 9.17) is 4.74 Å². The minimum Gasteiger partial charge on any atom is -0.376 e. The van der Waals surface area contributed by atoms with E-state index in [0.717, 1.165) is 24.5 Å². The molecule has 0 radical (unpaired) electrons. The number of hydrogen-bond acceptors (Lipinski definition) is 5. The summed E-state index contributed by atoms with van der Waals surface area (Å²) in [6, 6.07) is 3.84. The third kappa shape index (κ3) is 3.01. The fourth-order valence-electron chi connectivity index (χ4n) is 2.73. The quantitative estimate of drug-likeness (QED) is 0.842. The van der Waals surface area contributed by atoms with Gasteiger partial charge in [-0.1, -0.05) is 6.07 Å². The summed E-state index contributed by atoms with van der Waals surface area (Å²) >= 11 is 0. The van der Waals surface area contributed by atoms with Gasteiger partial charge < -0.3 is 20.1 Å². The molecule has 2 N–H and O–H groups in total. The third-order valence-corrected chi connectivity index (χ3v) is 4.07. The van der Waals surface area contributed by atoms with E-state index in [1.165, 1.54) is 19.3 Å². The van der Waals surface area contributed by atoms with E-state index in [2.05, 4.69) is 15.2 Å². The van der Waals surface area contributed by atoms with E-state index in [9.17, 15) is 9.90 Å². The first-order chi connectivity index (χ1) is 10.2. The molecule has 0 unspecified atom stereocenters. The second kappa shape index (κ2) is 5.99. The van der Waals surface area contributed by atoms with Gasteiger partial charge in [0.2, 0.25) is 0 Å². The van der Waals surface area contributed by atoms with Crippen LogP contribution in [0.5, 0.6) is 0 Å². The molecule has 0 aromatic carbocycles. The Kier molecular flexibility index (Phi) is 4.07. The molecule has 0 bridgehead atoms. The lowest BCUT2D eigenvalue weighted by Gasteiger charge is -2.34. The highest BCUT2D eigenvalue weighted by Crippen LogP contribution is 2.22. The van der Waals surface area contributed by atoms with E-state index in [-0.39, 0.29) is 19.1 Å². The first-order valence-electron chi connectivity index (χ1n) is 7.46. The molecule has 3 heterocycles. The van der Waals surface area contributed by atoms with Crippen LogP contribution in [0.4, 0.5) is 5.82 Å². The molecule has 2 aliphatic heterocycles. The molecule has 1 amide bonds. The van der Waals surface area contributed by atoms with Crippen molar-refractivity contribution in [2.24, 2.45) is 0 Å². The first-order valence-corrected chi connectivity index (χ1v) is 7.46. The molecule has 2 fully saturated rings. The number of carbonyl (C=O) groups is 1. The third-order valence-electron chi connectivity index (χ3n) is 4.07. The molecule has 0 saturated carbocycles. The largest absolute Gasteiger partial charge is 0.376 e. The molecule has 6 nitrogen and oxygen atoms in total. The lowest BCUT2D eigenvalue weighted by Crippen LogP contribution is -2.60. The fourth-order valence-corrected chi connectivity index (χ4v) is 2.73. The standard InChI is InChI=1S/C15H21N3O3/c19-14(15(20)10-21-11-15)17-9-12-5-4-6-16-13(12)18-7-2-1-3-8-18/h4-6,20H,1-3,7-11H2,(H,17,19). The SMILES string of the molecule is O=C(NCc1cccnc1N1CCCCC1)C1(O)COC1. The number of nitrogens with one attached hydrogen (secondary N) is 1. The number of piperidine rings is 1. The summed E-state index contributed by atoms with van der Waals surface area (Å²) in [5, 5.41) is 12.7. The first kappa shape index (κ1) is 14.3. The summed E-state index contributed by atoms with van der Waals surface area (Å²) in [5.41, 5.74) is -0.371. The van der Waals surface area contributed by atoms with Crippen LogP contribution in [0.1, 0.15) is 24.8 Å². The van der Waals surface area contributed by atoms with Crippen molar-refractivity contribution in [1.29, 1.82) is 0 Å². The number of rotatable bonds is 4. The Labute approximate surface area is 124 Å². The Morgan fingerprint density at radius 3 is 2.81 bits per heavy atom. The van der Waals surface area contributed by atoms with Crippen molar-refractivity contribution < 1.29 is 14.6 Å². The fraction of sp³-hybridized carbons (Fsp3) is 0.600. The lowest BCUT2D eigenvalue weighted by molar-refractivity contribution is -0.190. The maximum atomic E-state index is 11.9. The number of pyridine rings is 1. The molecule has 3 rings (SSSR count). The number of anilines is 1. The zero-order valence-corrected chi connectivity index (χ0v) is 12.0. The summed E-state index contributed by atoms with van der Waals surface area (Å²) in [6.45, 7) is 2.54. The highest BCUT2D eigenvalue weighted by molar-refractivity contribution is 5.86. The maximum absolute atomic E-state index is 11.9. The molecule has 0 spiro atoms. The second-order valence-corrected chi connectivity index (χ2v) is 5.74. The van der Waals surface area contributed by atoms with Gasteiger partial charge >= 0.3 is 0 Å². The van der Waals surface area contributed by atoms with Gasteiger partial charge in [0, 0.05) is 31.4 Å². The van der Waals surface area contributed by atoms with Gasteiger partial charge in [0.15, 0.2) is 5.60 Å². The minimum absolute atomic E-state index is 0.0743. The van der Waals surface area contributed by atoms with Gasteiger partial charge in [-0.15, -0.1) is 0 Å². The smallest absolute Gasteiger partial charge is 0.257 e. The van der Waals surface area contributed by atoms with Gasteiger partial charge in [-0.3, -0.25) is 4.79 Å². The molecule has 0 aliphatic carbocycles. The van der Waals surface area contributed by atoms with Gasteiger partial charge in [0.25, 0.3) is 5.91 Å². The molecule has 1 aromatic rings. The lowest BCUT2D eigenvalue weighted by atomic mass is 10.0. The van der Waals surface area contributed by atoms with Crippen LogP contribution in [0.25, 0.3) is 0 Å². The topological polar surface area (TPSA) is 74.7 Å². The molecule has 2 saturated heterocycles. The van der Waals surface area contributed by atoms with E-state index >= 15 is 0 Å². The van der Waals surface area contributed by atoms with Crippen LogP contribution in [0.3, 0.4) is 0 Å². The highest BCUT2D eigenvalue weighted by atomic mass is 16.5. The summed E-state index contributed by atoms with van der Waals surface area (Å²) in [4.78, 5) is 18.7. The molecular formula is C15H21N3O3. The van der Waals surface area contributed by atoms with Gasteiger partial charge in [-0.2, -0.15) is 0 Å². The average Bonchev–Trinajstić information content (AvgIpc) is 2.51. The van der Waals surface area contributed by atoms with Crippen molar-refractivity contribution in [2.75, 3.05) is 31.2 Å². The maximum Gasteiger partial charge on any atom is 0.257 e. The summed E-state index contributed by atoms with van der Waals surface area (Å²) in [6.07, 6.45) is 5.41. The van der Waals surface area contributed by atoms with E-state index in [1.807, 2.05) is 12.1 Å². The number of aliphatic hydroxyl groups is 1. The minimum atomic E-state index is -1.35. The van der Waals surface area contributed by atoms with E-state index < -0.39 is 5.60 Å². The van der Waals surface area contributed by atoms with Gasteiger partial charge in [-0.25, -0.2) is 4.98 Å². The van der Waals surface area contributed by atoms with Crippen LogP contribution in [0, 0.1) is 0 Å². The van der Waals surface area contributed by atoms with Crippen LogP contribution in [0.2, 0.25) is 0 Å². The van der Waals surface area contributed by atoms with Crippen LogP contribution in [-0.4, -0.2) is 47.9 Å². The predicted octanol–water partition coefficient (Wildman–Crippen LogP) is 0.449. The number of aromatic nitrogens is 1. The van der Waals surface area contributed by atoms with Crippen LogP contribution >= 0.6 is 0 Å². The predicted molar refractivity (Wildman–Crippen MR) is 77.9 cm³/mol. The molecular weight excluding hydrogens is 270 g/mol. The molecule has 114 valence electrons. The van der Waals surface area contributed by atoms with Crippen LogP contribution in [0.15, 0.2) is 18.3 Å². The molecule has 21 heavy (non-hydrogen) atoms. The van der Waals surface area contributed by atoms with E-state index in [1.54, 1.807) is 6.20 Å². The number of amides is 1. The van der Waals surface area contributed by atoms with Gasteiger partial charge in [-0.05, 0) is 25.3 Å². The highest BCUT2D eigenvalue weighted by Gasteiger charge is 2.43. The van der Waals surface area contributed by atoms with Crippen molar-refractivity contribution in [3.63, 3.8) is 0 Å². The van der Waals surface area contributed by atoms with Crippen LogP contribution < -0.4 is 10.2 Å². The Hall–Kier alpha value is -1.66. The van der Waals surface area contributed by atoms with Crippen molar-refractivity contribution >= 4 is 11.7 Å². The summed E-state index contributed by atoms with van der Waals surface area (Å²) in [5.74, 6) is 0.566. The normalized spacial score (nSPS) is 20.7. The molecule has 1 aromatic heterocycles. The zero-order chi connectivity index (χ0) is 14.7. The van der Waals surface area contributed by atoms with E-state index in [0.29, 0.717) is 6.54 Å². The van der Waals surface area contributed by atoms with Gasteiger partial charge in [0.05, 0.1) is 13.2 Å². The number of ether oxygens (including phenoxy) is 1. The monoisotopic (exact) mass is 291 g/mol. The summed E-state index contributed by atoms with van der Waals surface area (Å²) in [7, 11) is 0. The Morgan fingerprint density at radius 1 is 1.38 bits per heavy atom. The van der Waals surface area contributed by atoms with Crippen molar-refractivity contribution in [1.82, 2.24) is 10.3 Å². The second-order valence-electron chi connectivity index (χ2n) is 5.74. The molecule has 0 atom stereocenters. The Morgan fingerprint density at radius 2 is 2.14 bits per heavy atom. The molecule has 2 aliphatic rings. The zero-order valence-electron chi connectivity index (χ0n) is 12.0. The van der Waals surface area contributed by atoms with Crippen molar-refractivity contribution in [3.8, 4) is 0 Å². The number of carbonyl (C=O) groups excluding carboxylic acids is 1. The van der Waals surface area contributed by atoms with Gasteiger partial charge in [0.1, 0.15) is 5.82 Å². The summed E-state index contributed by atoms with van der Waals surface area (Å²) < 4.78 is 4.90. The Bertz CT molecular complexity index is 511. The van der Waals surface area contributed by atoms with Crippen molar-refractivity contribution in [2.45, 2.75) is 31.4 Å². The Balaban J connectivity index is 1.66. The number of hydrogen-bond donors (Lipinski definition) is 2. The van der Waals surface area contributed by atoms with Crippen molar-refractivity contribution in [3.05, 3.63) is 23.9 Å². The van der Waals surface area contributed by atoms with Crippen LogP contribution in [-0.2, 0) is 16.1 Å². The molecule has 6 heteroatoms.